The van der Waals surface area contributed by atoms with Gasteiger partial charge in [0.1, 0.15) is 0 Å². The Hall–Kier alpha value is -1.55. The maximum absolute atomic E-state index is 12.5. The van der Waals surface area contributed by atoms with Crippen LogP contribution in [0.25, 0.3) is 0 Å². The van der Waals surface area contributed by atoms with Crippen molar-refractivity contribution in [3.63, 3.8) is 0 Å². The van der Waals surface area contributed by atoms with Crippen LogP contribution in [0.4, 0.5) is 5.69 Å². The largest absolute Gasteiger partial charge is 0.385 e. The maximum atomic E-state index is 12.5. The SMILES string of the molecule is CCNc1ccccc1C(=O)N1CCOCC1C. The Kier molecular flexibility index (Phi) is 4.20. The van der Waals surface area contributed by atoms with E-state index in [4.69, 9.17) is 4.74 Å². The van der Waals surface area contributed by atoms with Crippen LogP contribution in [0.1, 0.15) is 24.2 Å². The fourth-order valence-electron chi connectivity index (χ4n) is 2.20. The van der Waals surface area contributed by atoms with Gasteiger partial charge >= 0.3 is 0 Å². The summed E-state index contributed by atoms with van der Waals surface area (Å²) in [6.07, 6.45) is 0. The van der Waals surface area contributed by atoms with E-state index in [1.165, 1.54) is 0 Å². The van der Waals surface area contributed by atoms with Gasteiger partial charge in [0.2, 0.25) is 0 Å². The molecule has 1 fully saturated rings. The average molecular weight is 248 g/mol. The van der Waals surface area contributed by atoms with Crippen LogP contribution in [0.3, 0.4) is 0 Å². The van der Waals surface area contributed by atoms with Gasteiger partial charge < -0.3 is 15.0 Å². The molecule has 0 radical (unpaired) electrons. The molecule has 0 spiro atoms. The summed E-state index contributed by atoms with van der Waals surface area (Å²) in [4.78, 5) is 14.4. The van der Waals surface area contributed by atoms with Crippen LogP contribution in [0.2, 0.25) is 0 Å². The number of para-hydroxylation sites is 1. The van der Waals surface area contributed by atoms with Crippen molar-refractivity contribution in [1.29, 1.82) is 0 Å². The first-order chi connectivity index (χ1) is 8.74. The van der Waals surface area contributed by atoms with Crippen LogP contribution in [-0.2, 0) is 4.74 Å². The summed E-state index contributed by atoms with van der Waals surface area (Å²) in [6.45, 7) is 6.77. The first-order valence-electron chi connectivity index (χ1n) is 6.45. The van der Waals surface area contributed by atoms with Crippen LogP contribution >= 0.6 is 0 Å². The molecule has 1 atom stereocenters. The molecule has 1 N–H and O–H groups in total. The second-order valence-corrected chi connectivity index (χ2v) is 4.50. The zero-order chi connectivity index (χ0) is 13.0. The molecule has 1 heterocycles. The summed E-state index contributed by atoms with van der Waals surface area (Å²) >= 11 is 0. The molecule has 1 saturated heterocycles. The van der Waals surface area contributed by atoms with Gasteiger partial charge in [-0.3, -0.25) is 4.79 Å². The molecular weight excluding hydrogens is 228 g/mol. The lowest BCUT2D eigenvalue weighted by atomic mass is 10.1. The summed E-state index contributed by atoms with van der Waals surface area (Å²) in [7, 11) is 0. The summed E-state index contributed by atoms with van der Waals surface area (Å²) in [6, 6.07) is 7.81. The highest BCUT2D eigenvalue weighted by Crippen LogP contribution is 2.19. The third-order valence-corrected chi connectivity index (χ3v) is 3.15. The van der Waals surface area contributed by atoms with Gasteiger partial charge in [-0.2, -0.15) is 0 Å². The van der Waals surface area contributed by atoms with Crippen molar-refractivity contribution >= 4 is 11.6 Å². The second-order valence-electron chi connectivity index (χ2n) is 4.50. The number of hydrogen-bond donors (Lipinski definition) is 1. The minimum Gasteiger partial charge on any atom is -0.385 e. The number of nitrogens with zero attached hydrogens (tertiary/aromatic N) is 1. The Morgan fingerprint density at radius 3 is 3.00 bits per heavy atom. The van der Waals surface area contributed by atoms with Crippen molar-refractivity contribution in [2.45, 2.75) is 19.9 Å². The number of benzene rings is 1. The quantitative estimate of drug-likeness (QED) is 0.889. The van der Waals surface area contributed by atoms with E-state index in [2.05, 4.69) is 5.32 Å². The number of ether oxygens (including phenoxy) is 1. The third kappa shape index (κ3) is 2.64. The Labute approximate surface area is 108 Å². The van der Waals surface area contributed by atoms with Crippen molar-refractivity contribution in [1.82, 2.24) is 4.90 Å². The molecule has 1 amide bonds. The zero-order valence-electron chi connectivity index (χ0n) is 11.0. The summed E-state index contributed by atoms with van der Waals surface area (Å²) in [5, 5.41) is 3.23. The topological polar surface area (TPSA) is 41.6 Å². The first kappa shape index (κ1) is 12.9. The molecule has 18 heavy (non-hydrogen) atoms. The highest BCUT2D eigenvalue weighted by Gasteiger charge is 2.25. The number of amides is 1. The smallest absolute Gasteiger partial charge is 0.256 e. The van der Waals surface area contributed by atoms with Gasteiger partial charge in [0.15, 0.2) is 0 Å². The Morgan fingerprint density at radius 2 is 2.28 bits per heavy atom. The molecule has 0 bridgehead atoms. The van der Waals surface area contributed by atoms with Gasteiger partial charge in [-0.25, -0.2) is 0 Å². The Morgan fingerprint density at radius 1 is 1.50 bits per heavy atom. The van der Waals surface area contributed by atoms with Gasteiger partial charge in [0.25, 0.3) is 5.91 Å². The number of carbonyl (C=O) groups excluding carboxylic acids is 1. The predicted molar refractivity (Wildman–Crippen MR) is 71.9 cm³/mol. The fraction of sp³-hybridized carbons (Fsp3) is 0.500. The molecule has 0 aliphatic carbocycles. The third-order valence-electron chi connectivity index (χ3n) is 3.15. The zero-order valence-corrected chi connectivity index (χ0v) is 11.0. The minimum absolute atomic E-state index is 0.0855. The summed E-state index contributed by atoms with van der Waals surface area (Å²) in [5.41, 5.74) is 1.65. The molecule has 4 nitrogen and oxygen atoms in total. The van der Waals surface area contributed by atoms with E-state index in [0.29, 0.717) is 19.8 Å². The van der Waals surface area contributed by atoms with Gasteiger partial charge in [0, 0.05) is 18.8 Å². The Balaban J connectivity index is 2.22. The molecular formula is C14H20N2O2. The second kappa shape index (κ2) is 5.87. The monoisotopic (exact) mass is 248 g/mol. The lowest BCUT2D eigenvalue weighted by Gasteiger charge is -2.33. The van der Waals surface area contributed by atoms with Crippen molar-refractivity contribution in [2.75, 3.05) is 31.6 Å². The molecule has 0 aromatic heterocycles. The van der Waals surface area contributed by atoms with Crippen molar-refractivity contribution in [3.05, 3.63) is 29.8 Å². The highest BCUT2D eigenvalue weighted by atomic mass is 16.5. The van der Waals surface area contributed by atoms with E-state index in [1.54, 1.807) is 0 Å². The predicted octanol–water partition coefficient (Wildman–Crippen LogP) is 1.98. The number of nitrogens with one attached hydrogen (secondary N) is 1. The van der Waals surface area contributed by atoms with E-state index < -0.39 is 0 Å². The van der Waals surface area contributed by atoms with Gasteiger partial charge in [0.05, 0.1) is 24.8 Å². The van der Waals surface area contributed by atoms with Crippen molar-refractivity contribution < 1.29 is 9.53 Å². The molecule has 1 aliphatic heterocycles. The summed E-state index contributed by atoms with van der Waals surface area (Å²) in [5.74, 6) is 0.0855. The first-order valence-corrected chi connectivity index (χ1v) is 6.45. The maximum Gasteiger partial charge on any atom is 0.256 e. The number of anilines is 1. The minimum atomic E-state index is 0.0855. The van der Waals surface area contributed by atoms with E-state index in [0.717, 1.165) is 17.8 Å². The lowest BCUT2D eigenvalue weighted by Crippen LogP contribution is -2.47. The van der Waals surface area contributed by atoms with Gasteiger partial charge in [-0.15, -0.1) is 0 Å². The molecule has 1 aromatic carbocycles. The van der Waals surface area contributed by atoms with Crippen LogP contribution in [0.15, 0.2) is 24.3 Å². The average Bonchev–Trinajstić information content (AvgIpc) is 2.40. The Bertz CT molecular complexity index is 420. The van der Waals surface area contributed by atoms with Crippen LogP contribution in [-0.4, -0.2) is 43.2 Å². The van der Waals surface area contributed by atoms with E-state index in [-0.39, 0.29) is 11.9 Å². The van der Waals surface area contributed by atoms with Crippen LogP contribution in [0.5, 0.6) is 0 Å². The van der Waals surface area contributed by atoms with Crippen LogP contribution in [0, 0.1) is 0 Å². The number of morpholine rings is 1. The van der Waals surface area contributed by atoms with Crippen LogP contribution < -0.4 is 5.32 Å². The van der Waals surface area contributed by atoms with E-state index in [9.17, 15) is 4.79 Å². The standard InChI is InChI=1S/C14H20N2O2/c1-3-15-13-7-5-4-6-12(13)14(17)16-8-9-18-10-11(16)2/h4-7,11,15H,3,8-10H2,1-2H3. The normalized spacial score (nSPS) is 19.7. The van der Waals surface area contributed by atoms with Crippen molar-refractivity contribution in [2.24, 2.45) is 0 Å². The molecule has 1 aromatic rings. The molecule has 0 saturated carbocycles. The molecule has 4 heteroatoms. The van der Waals surface area contributed by atoms with E-state index in [1.807, 2.05) is 43.0 Å². The molecule has 1 aliphatic rings. The molecule has 2 rings (SSSR count). The number of rotatable bonds is 3. The lowest BCUT2D eigenvalue weighted by molar-refractivity contribution is 0.00365. The van der Waals surface area contributed by atoms with Gasteiger partial charge in [-0.05, 0) is 26.0 Å². The number of carbonyl (C=O) groups is 1. The van der Waals surface area contributed by atoms with Gasteiger partial charge in [-0.1, -0.05) is 12.1 Å². The van der Waals surface area contributed by atoms with Crippen molar-refractivity contribution in [3.8, 4) is 0 Å². The molecule has 98 valence electrons. The number of hydrogen-bond acceptors (Lipinski definition) is 3. The highest BCUT2D eigenvalue weighted by molar-refractivity contribution is 5.99. The van der Waals surface area contributed by atoms with E-state index >= 15 is 0 Å². The fourth-order valence-corrected chi connectivity index (χ4v) is 2.20. The summed E-state index contributed by atoms with van der Waals surface area (Å²) < 4.78 is 5.37. The molecule has 1 unspecified atom stereocenters.